The molecule has 0 spiro atoms. The first kappa shape index (κ1) is 22.0. The summed E-state index contributed by atoms with van der Waals surface area (Å²) < 4.78 is 43.7. The number of amides is 1. The SMILES string of the molecule is O=C(COC(=O)CCCc1nc2ccccc2s1)Nc1ncc(C(F)(F)F)cc1Cl. The lowest BCUT2D eigenvalue weighted by molar-refractivity contribution is -0.147. The van der Waals surface area contributed by atoms with Crippen molar-refractivity contribution in [2.24, 2.45) is 0 Å². The van der Waals surface area contributed by atoms with Gasteiger partial charge in [-0.3, -0.25) is 9.59 Å². The summed E-state index contributed by atoms with van der Waals surface area (Å²) in [6.07, 6.45) is -2.84. The molecule has 0 bridgehead atoms. The smallest absolute Gasteiger partial charge is 0.417 e. The quantitative estimate of drug-likeness (QED) is 0.512. The monoisotopic (exact) mass is 457 g/mol. The predicted octanol–water partition coefficient (Wildman–Crippen LogP) is 4.87. The van der Waals surface area contributed by atoms with E-state index in [1.165, 1.54) is 0 Å². The van der Waals surface area contributed by atoms with Crippen LogP contribution in [0.4, 0.5) is 19.0 Å². The molecule has 0 saturated carbocycles. The molecule has 1 N–H and O–H groups in total. The highest BCUT2D eigenvalue weighted by molar-refractivity contribution is 7.18. The third-order valence-electron chi connectivity index (χ3n) is 3.90. The average Bonchev–Trinajstić information content (AvgIpc) is 3.10. The fourth-order valence-corrected chi connectivity index (χ4v) is 3.70. The van der Waals surface area contributed by atoms with Gasteiger partial charge in [-0.25, -0.2) is 9.97 Å². The number of aryl methyl sites for hydroxylation is 1. The molecule has 0 fully saturated rings. The van der Waals surface area contributed by atoms with Gasteiger partial charge in [-0.1, -0.05) is 23.7 Å². The molecule has 1 amide bonds. The van der Waals surface area contributed by atoms with E-state index in [-0.39, 0.29) is 17.3 Å². The lowest BCUT2D eigenvalue weighted by Gasteiger charge is -2.10. The molecule has 0 radical (unpaired) electrons. The Kier molecular flexibility index (Phi) is 6.88. The first-order valence-corrected chi connectivity index (χ1v) is 9.94. The zero-order valence-electron chi connectivity index (χ0n) is 15.3. The summed E-state index contributed by atoms with van der Waals surface area (Å²) in [6.45, 7) is -0.598. The molecule has 11 heteroatoms. The van der Waals surface area contributed by atoms with E-state index in [0.717, 1.165) is 15.2 Å². The zero-order chi connectivity index (χ0) is 21.7. The number of halogens is 4. The van der Waals surface area contributed by atoms with Crippen molar-refractivity contribution in [2.45, 2.75) is 25.4 Å². The molecule has 3 rings (SSSR count). The lowest BCUT2D eigenvalue weighted by atomic mass is 10.2. The van der Waals surface area contributed by atoms with E-state index in [9.17, 15) is 22.8 Å². The van der Waals surface area contributed by atoms with Gasteiger partial charge in [0.05, 0.1) is 25.8 Å². The number of hydrogen-bond donors (Lipinski definition) is 1. The minimum Gasteiger partial charge on any atom is -0.456 e. The standard InChI is InChI=1S/C19H15ClF3N3O3S/c20-12-8-11(19(21,22)23)9-24-18(12)26-15(27)10-29-17(28)7-3-6-16-25-13-4-1-2-5-14(13)30-16/h1-2,4-5,8-9H,3,6-7,10H2,(H,24,26,27). The molecule has 0 aliphatic carbocycles. The second kappa shape index (κ2) is 9.40. The van der Waals surface area contributed by atoms with Crippen LogP contribution < -0.4 is 5.32 Å². The normalized spacial score (nSPS) is 11.5. The molecular weight excluding hydrogens is 443 g/mol. The van der Waals surface area contributed by atoms with E-state index in [1.807, 2.05) is 24.3 Å². The highest BCUT2D eigenvalue weighted by Gasteiger charge is 2.31. The maximum atomic E-state index is 12.6. The molecular formula is C19H15ClF3N3O3S. The van der Waals surface area contributed by atoms with Crippen LogP contribution in [0.25, 0.3) is 10.2 Å². The number of benzene rings is 1. The van der Waals surface area contributed by atoms with Crippen molar-refractivity contribution in [1.29, 1.82) is 0 Å². The third kappa shape index (κ3) is 5.90. The molecule has 0 aliphatic rings. The molecule has 0 atom stereocenters. The fraction of sp³-hybridized carbons (Fsp3) is 0.263. The van der Waals surface area contributed by atoms with Gasteiger partial charge in [0.15, 0.2) is 12.4 Å². The van der Waals surface area contributed by atoms with Gasteiger partial charge >= 0.3 is 12.1 Å². The van der Waals surface area contributed by atoms with Gasteiger partial charge in [-0.15, -0.1) is 11.3 Å². The van der Waals surface area contributed by atoms with Crippen molar-refractivity contribution in [3.63, 3.8) is 0 Å². The summed E-state index contributed by atoms with van der Waals surface area (Å²) in [4.78, 5) is 31.6. The Hall–Kier alpha value is -2.72. The summed E-state index contributed by atoms with van der Waals surface area (Å²) in [6, 6.07) is 8.38. The number of nitrogens with zero attached hydrogens (tertiary/aromatic N) is 2. The molecule has 0 unspecified atom stereocenters. The Morgan fingerprint density at radius 2 is 2.00 bits per heavy atom. The molecule has 2 heterocycles. The van der Waals surface area contributed by atoms with Gasteiger partial charge in [0.2, 0.25) is 0 Å². The largest absolute Gasteiger partial charge is 0.456 e. The van der Waals surface area contributed by atoms with Crippen LogP contribution in [0.15, 0.2) is 36.5 Å². The number of ether oxygens (including phenoxy) is 1. The van der Waals surface area contributed by atoms with Crippen LogP contribution in [0.1, 0.15) is 23.4 Å². The number of rotatable bonds is 7. The maximum absolute atomic E-state index is 12.6. The first-order valence-electron chi connectivity index (χ1n) is 8.75. The summed E-state index contributed by atoms with van der Waals surface area (Å²) in [7, 11) is 0. The number of aromatic nitrogens is 2. The van der Waals surface area contributed by atoms with Crippen molar-refractivity contribution in [1.82, 2.24) is 9.97 Å². The van der Waals surface area contributed by atoms with Crippen molar-refractivity contribution < 1.29 is 27.5 Å². The highest BCUT2D eigenvalue weighted by Crippen LogP contribution is 2.32. The minimum absolute atomic E-state index is 0.0997. The predicted molar refractivity (Wildman–Crippen MR) is 106 cm³/mol. The first-order chi connectivity index (χ1) is 14.2. The number of anilines is 1. The lowest BCUT2D eigenvalue weighted by Crippen LogP contribution is -2.21. The number of fused-ring (bicyclic) bond motifs is 1. The Morgan fingerprint density at radius 3 is 2.70 bits per heavy atom. The van der Waals surface area contributed by atoms with E-state index >= 15 is 0 Å². The molecule has 2 aromatic heterocycles. The van der Waals surface area contributed by atoms with Gasteiger partial charge in [0.25, 0.3) is 5.91 Å². The molecule has 6 nitrogen and oxygen atoms in total. The van der Waals surface area contributed by atoms with E-state index < -0.39 is 30.2 Å². The topological polar surface area (TPSA) is 81.2 Å². The second-order valence-electron chi connectivity index (χ2n) is 6.19. The van der Waals surface area contributed by atoms with Crippen LogP contribution in [-0.2, 0) is 26.9 Å². The summed E-state index contributed by atoms with van der Waals surface area (Å²) in [5, 5.41) is 2.74. The Bertz CT molecular complexity index is 1040. The number of carbonyl (C=O) groups is 2. The average molecular weight is 458 g/mol. The van der Waals surface area contributed by atoms with Crippen LogP contribution in [0.5, 0.6) is 0 Å². The van der Waals surface area contributed by atoms with Crippen LogP contribution in [0.3, 0.4) is 0 Å². The minimum atomic E-state index is -4.60. The van der Waals surface area contributed by atoms with Gasteiger partial charge in [-0.05, 0) is 31.0 Å². The van der Waals surface area contributed by atoms with Gasteiger partial charge in [0.1, 0.15) is 0 Å². The summed E-state index contributed by atoms with van der Waals surface area (Å²) in [5.74, 6) is -1.58. The number of alkyl halides is 3. The van der Waals surface area contributed by atoms with E-state index in [4.69, 9.17) is 16.3 Å². The summed E-state index contributed by atoms with van der Waals surface area (Å²) in [5.41, 5.74) is -0.127. The Labute approximate surface area is 178 Å². The Balaban J connectivity index is 1.41. The fourth-order valence-electron chi connectivity index (χ4n) is 2.48. The van der Waals surface area contributed by atoms with Crippen LogP contribution in [0.2, 0.25) is 5.02 Å². The number of esters is 1. The summed E-state index contributed by atoms with van der Waals surface area (Å²) >= 11 is 7.26. The van der Waals surface area contributed by atoms with Gasteiger partial charge in [-0.2, -0.15) is 13.2 Å². The van der Waals surface area contributed by atoms with Gasteiger partial charge in [0, 0.05) is 12.6 Å². The third-order valence-corrected chi connectivity index (χ3v) is 5.28. The number of carbonyl (C=O) groups excluding carboxylic acids is 2. The number of thiazole rings is 1. The second-order valence-corrected chi connectivity index (χ2v) is 7.71. The zero-order valence-corrected chi connectivity index (χ0v) is 16.9. The van der Waals surface area contributed by atoms with Crippen molar-refractivity contribution in [3.05, 3.63) is 52.1 Å². The van der Waals surface area contributed by atoms with Crippen LogP contribution in [0, 0.1) is 0 Å². The Morgan fingerprint density at radius 1 is 1.23 bits per heavy atom. The van der Waals surface area contributed by atoms with Crippen molar-refractivity contribution >= 4 is 50.8 Å². The number of para-hydroxylation sites is 1. The molecule has 0 aliphatic heterocycles. The van der Waals surface area contributed by atoms with E-state index in [1.54, 1.807) is 11.3 Å². The molecule has 30 heavy (non-hydrogen) atoms. The maximum Gasteiger partial charge on any atom is 0.417 e. The number of hydrogen-bond acceptors (Lipinski definition) is 6. The van der Waals surface area contributed by atoms with Crippen LogP contribution in [-0.4, -0.2) is 28.5 Å². The highest BCUT2D eigenvalue weighted by atomic mass is 35.5. The molecule has 158 valence electrons. The molecule has 3 aromatic rings. The van der Waals surface area contributed by atoms with Crippen molar-refractivity contribution in [3.8, 4) is 0 Å². The number of pyridine rings is 1. The van der Waals surface area contributed by atoms with E-state index in [2.05, 4.69) is 15.3 Å². The van der Waals surface area contributed by atoms with Crippen LogP contribution >= 0.6 is 22.9 Å². The molecule has 1 aromatic carbocycles. The number of nitrogens with one attached hydrogen (secondary N) is 1. The van der Waals surface area contributed by atoms with Gasteiger partial charge < -0.3 is 10.1 Å². The van der Waals surface area contributed by atoms with E-state index in [0.29, 0.717) is 25.1 Å². The van der Waals surface area contributed by atoms with Crippen molar-refractivity contribution in [2.75, 3.05) is 11.9 Å². The molecule has 0 saturated heterocycles.